The molecule has 1 aromatic carbocycles. The van der Waals surface area contributed by atoms with Gasteiger partial charge in [-0.1, -0.05) is 0 Å². The first-order valence-corrected chi connectivity index (χ1v) is 5.60. The first kappa shape index (κ1) is 16.0. The molecule has 0 radical (unpaired) electrons. The van der Waals surface area contributed by atoms with E-state index in [0.717, 1.165) is 13.2 Å². The number of methoxy groups -OCH3 is 2. The minimum absolute atomic E-state index is 0.0364. The fourth-order valence-corrected chi connectivity index (χ4v) is 1.51. The molecule has 3 N–H and O–H groups in total. The van der Waals surface area contributed by atoms with Crippen LogP contribution in [0.4, 0.5) is 20.2 Å². The average Bonchev–Trinajstić information content (AvgIpc) is 2.39. The van der Waals surface area contributed by atoms with E-state index in [1.807, 2.05) is 0 Å². The van der Waals surface area contributed by atoms with Crippen LogP contribution in [0, 0.1) is 0 Å². The van der Waals surface area contributed by atoms with E-state index in [1.165, 1.54) is 20.2 Å². The maximum Gasteiger partial charge on any atom is 0.421 e. The molecule has 0 aromatic heterocycles. The topological polar surface area (TPSA) is 82.8 Å². The molecule has 1 rings (SSSR count). The van der Waals surface area contributed by atoms with Crippen LogP contribution >= 0.6 is 0 Å². The number of nitrogens with two attached hydrogens (primary N) is 1. The van der Waals surface area contributed by atoms with Crippen LogP contribution in [-0.2, 0) is 9.47 Å². The summed E-state index contributed by atoms with van der Waals surface area (Å²) in [4.78, 5) is 11.5. The van der Waals surface area contributed by atoms with Gasteiger partial charge in [0, 0.05) is 14.2 Å². The number of carbonyl (C=O) groups is 1. The molecular formula is C12H16F2N2O4. The lowest BCUT2D eigenvalue weighted by atomic mass is 10.1. The fourth-order valence-electron chi connectivity index (χ4n) is 1.51. The van der Waals surface area contributed by atoms with Crippen molar-refractivity contribution in [2.24, 2.45) is 0 Å². The Hall–Kier alpha value is -2.09. The number of carbonyl (C=O) groups excluding carboxylic acids is 1. The number of rotatable bonds is 6. The monoisotopic (exact) mass is 290 g/mol. The molecule has 0 saturated carbocycles. The van der Waals surface area contributed by atoms with Crippen molar-refractivity contribution in [3.8, 4) is 5.75 Å². The van der Waals surface area contributed by atoms with Gasteiger partial charge in [-0.15, -0.1) is 0 Å². The van der Waals surface area contributed by atoms with Crippen molar-refractivity contribution in [1.82, 2.24) is 0 Å². The van der Waals surface area contributed by atoms with Gasteiger partial charge in [0.15, 0.2) is 5.75 Å². The molecule has 0 unspecified atom stereocenters. The van der Waals surface area contributed by atoms with Crippen LogP contribution in [0.2, 0.25) is 0 Å². The first-order chi connectivity index (χ1) is 9.34. The second kappa shape index (κ2) is 6.38. The predicted octanol–water partition coefficient (Wildman–Crippen LogP) is 1.72. The molecule has 0 aliphatic rings. The van der Waals surface area contributed by atoms with Crippen molar-refractivity contribution >= 4 is 17.3 Å². The molecule has 8 heteroatoms. The minimum atomic E-state index is -3.57. The highest BCUT2D eigenvalue weighted by Gasteiger charge is 2.33. The van der Waals surface area contributed by atoms with Gasteiger partial charge in [0.05, 0.1) is 24.0 Å². The van der Waals surface area contributed by atoms with Crippen molar-refractivity contribution < 1.29 is 27.8 Å². The molecule has 0 bridgehead atoms. The Morgan fingerprint density at radius 3 is 2.55 bits per heavy atom. The van der Waals surface area contributed by atoms with E-state index in [9.17, 15) is 13.6 Å². The van der Waals surface area contributed by atoms with Gasteiger partial charge < -0.3 is 25.3 Å². The summed E-state index contributed by atoms with van der Waals surface area (Å²) in [5, 5.41) is 2.68. The quantitative estimate of drug-likeness (QED) is 0.613. The van der Waals surface area contributed by atoms with Gasteiger partial charge in [0.2, 0.25) is 0 Å². The smallest absolute Gasteiger partial charge is 0.421 e. The number of nitrogens with one attached hydrogen (secondary N) is 1. The maximum atomic E-state index is 13.4. The fraction of sp³-hybridized carbons (Fsp3) is 0.417. The molecular weight excluding hydrogens is 274 g/mol. The van der Waals surface area contributed by atoms with E-state index < -0.39 is 18.7 Å². The highest BCUT2D eigenvalue weighted by Crippen LogP contribution is 2.34. The second-order valence-corrected chi connectivity index (χ2v) is 3.85. The van der Waals surface area contributed by atoms with Crippen LogP contribution in [-0.4, -0.2) is 40.0 Å². The zero-order valence-corrected chi connectivity index (χ0v) is 11.3. The van der Waals surface area contributed by atoms with Gasteiger partial charge in [0.1, 0.15) is 6.61 Å². The summed E-state index contributed by atoms with van der Waals surface area (Å²) >= 11 is 0. The zero-order chi connectivity index (χ0) is 15.3. The molecule has 0 fully saturated rings. The normalized spacial score (nSPS) is 11.1. The summed E-state index contributed by atoms with van der Waals surface area (Å²) in [6, 6.07) is 2.47. The van der Waals surface area contributed by atoms with Gasteiger partial charge in [-0.25, -0.2) is 4.79 Å². The van der Waals surface area contributed by atoms with Crippen molar-refractivity contribution in [3.63, 3.8) is 0 Å². The van der Waals surface area contributed by atoms with Crippen LogP contribution in [0.5, 0.6) is 5.75 Å². The largest absolute Gasteiger partial charge is 0.465 e. The summed E-state index contributed by atoms with van der Waals surface area (Å²) < 4.78 is 40.2. The zero-order valence-electron chi connectivity index (χ0n) is 11.3. The minimum Gasteiger partial charge on any atom is -0.465 e. The standard InChI is InChI=1S/C12H16F2N2O4/c1-16-8-4-7(11(17)19-3)5-9(10(8)15)20-12(13,14)6-18-2/h4-5,16H,6,15H2,1-3H3. The van der Waals surface area contributed by atoms with E-state index in [-0.39, 0.29) is 22.7 Å². The highest BCUT2D eigenvalue weighted by molar-refractivity contribution is 5.93. The lowest BCUT2D eigenvalue weighted by Gasteiger charge is -2.20. The Kier molecular flexibility index (Phi) is 5.09. The number of hydrogen-bond donors (Lipinski definition) is 2. The summed E-state index contributed by atoms with van der Waals surface area (Å²) in [5.74, 6) is -1.03. The Labute approximate surface area is 114 Å². The lowest BCUT2D eigenvalue weighted by Crippen LogP contribution is -2.30. The van der Waals surface area contributed by atoms with Crippen LogP contribution in [0.1, 0.15) is 10.4 Å². The number of ether oxygens (including phenoxy) is 3. The van der Waals surface area contributed by atoms with E-state index >= 15 is 0 Å². The molecule has 0 aliphatic carbocycles. The Balaban J connectivity index is 3.20. The summed E-state index contributed by atoms with van der Waals surface area (Å²) in [7, 11) is 3.83. The number of halogens is 2. The Morgan fingerprint density at radius 2 is 2.05 bits per heavy atom. The molecule has 1 aromatic rings. The number of nitrogen functional groups attached to an aromatic ring is 1. The SMILES string of the molecule is CNc1cc(C(=O)OC)cc(OC(F)(F)COC)c1N. The molecule has 0 saturated heterocycles. The summed E-state index contributed by atoms with van der Waals surface area (Å²) in [5.41, 5.74) is 5.96. The summed E-state index contributed by atoms with van der Waals surface area (Å²) in [6.07, 6.45) is -3.57. The average molecular weight is 290 g/mol. The van der Waals surface area contributed by atoms with Gasteiger partial charge in [-0.3, -0.25) is 0 Å². The molecule has 0 atom stereocenters. The van der Waals surface area contributed by atoms with Gasteiger partial charge in [-0.05, 0) is 12.1 Å². The predicted molar refractivity (Wildman–Crippen MR) is 69.2 cm³/mol. The lowest BCUT2D eigenvalue weighted by molar-refractivity contribution is -0.206. The summed E-state index contributed by atoms with van der Waals surface area (Å²) in [6.45, 7) is -0.941. The van der Waals surface area contributed by atoms with E-state index in [1.54, 1.807) is 0 Å². The second-order valence-electron chi connectivity index (χ2n) is 3.85. The molecule has 20 heavy (non-hydrogen) atoms. The maximum absolute atomic E-state index is 13.4. The third kappa shape index (κ3) is 3.70. The Bertz CT molecular complexity index is 495. The molecule has 0 spiro atoms. The van der Waals surface area contributed by atoms with Crippen LogP contribution in [0.3, 0.4) is 0 Å². The molecule has 0 aliphatic heterocycles. The molecule has 6 nitrogen and oxygen atoms in total. The number of anilines is 2. The Morgan fingerprint density at radius 1 is 1.40 bits per heavy atom. The van der Waals surface area contributed by atoms with Crippen molar-refractivity contribution in [2.75, 3.05) is 38.9 Å². The van der Waals surface area contributed by atoms with E-state index in [0.29, 0.717) is 0 Å². The number of benzene rings is 1. The van der Waals surface area contributed by atoms with E-state index in [2.05, 4.69) is 19.5 Å². The number of esters is 1. The number of hydrogen-bond acceptors (Lipinski definition) is 6. The molecule has 0 amide bonds. The highest BCUT2D eigenvalue weighted by atomic mass is 19.3. The van der Waals surface area contributed by atoms with Crippen molar-refractivity contribution in [2.45, 2.75) is 6.11 Å². The molecule has 112 valence electrons. The van der Waals surface area contributed by atoms with Crippen LogP contribution in [0.25, 0.3) is 0 Å². The van der Waals surface area contributed by atoms with Crippen LogP contribution < -0.4 is 15.8 Å². The van der Waals surface area contributed by atoms with E-state index in [4.69, 9.17) is 5.73 Å². The third-order valence-electron chi connectivity index (χ3n) is 2.40. The van der Waals surface area contributed by atoms with Gasteiger partial charge in [0.25, 0.3) is 0 Å². The number of alkyl halides is 2. The van der Waals surface area contributed by atoms with Crippen molar-refractivity contribution in [3.05, 3.63) is 17.7 Å². The van der Waals surface area contributed by atoms with Crippen LogP contribution in [0.15, 0.2) is 12.1 Å². The first-order valence-electron chi connectivity index (χ1n) is 5.60. The van der Waals surface area contributed by atoms with Crippen molar-refractivity contribution in [1.29, 1.82) is 0 Å². The van der Waals surface area contributed by atoms with Gasteiger partial charge >= 0.3 is 12.1 Å². The van der Waals surface area contributed by atoms with Gasteiger partial charge in [-0.2, -0.15) is 8.78 Å². The third-order valence-corrected chi connectivity index (χ3v) is 2.40. The molecule has 0 heterocycles.